The van der Waals surface area contributed by atoms with Crippen LogP contribution in [0.4, 0.5) is 8.78 Å². The van der Waals surface area contributed by atoms with Gasteiger partial charge in [-0.15, -0.1) is 0 Å². The summed E-state index contributed by atoms with van der Waals surface area (Å²) in [6.45, 7) is -0.542. The molecule has 2 aromatic carbocycles. The molecule has 0 radical (unpaired) electrons. The maximum Gasteiger partial charge on any atom is 0.338 e. The Kier molecular flexibility index (Phi) is 5.61. The van der Waals surface area contributed by atoms with Gasteiger partial charge in [-0.2, -0.15) is 8.78 Å². The predicted octanol–water partition coefficient (Wildman–Crippen LogP) is 2.78. The van der Waals surface area contributed by atoms with E-state index in [4.69, 9.17) is 14.2 Å². The number of rotatable bonds is 6. The number of carbonyl (C=O) groups excluding carboxylic acids is 1. The Morgan fingerprint density at radius 2 is 1.69 bits per heavy atom. The number of alkyl halides is 2. The molecule has 26 heavy (non-hydrogen) atoms. The van der Waals surface area contributed by atoms with Crippen LogP contribution >= 0.6 is 0 Å². The molecule has 1 aliphatic heterocycles. The molecule has 1 saturated heterocycles. The van der Waals surface area contributed by atoms with Gasteiger partial charge >= 0.3 is 11.9 Å². The zero-order valence-electron chi connectivity index (χ0n) is 13.8. The van der Waals surface area contributed by atoms with Crippen molar-refractivity contribution in [3.8, 4) is 0 Å². The van der Waals surface area contributed by atoms with Crippen molar-refractivity contribution in [3.63, 3.8) is 0 Å². The van der Waals surface area contributed by atoms with E-state index < -0.39 is 37.0 Å². The summed E-state index contributed by atoms with van der Waals surface area (Å²) in [4.78, 5) is 12.0. The lowest BCUT2D eigenvalue weighted by molar-refractivity contribution is -0.204. The van der Waals surface area contributed by atoms with Crippen LogP contribution in [-0.2, 0) is 20.8 Å². The highest BCUT2D eigenvalue weighted by Crippen LogP contribution is 2.37. The molecule has 5 nitrogen and oxygen atoms in total. The highest BCUT2D eigenvalue weighted by atomic mass is 19.3. The quantitative estimate of drug-likeness (QED) is 0.799. The molecule has 0 aliphatic carbocycles. The average Bonchev–Trinajstić information content (AvgIpc) is 2.88. The number of benzene rings is 2. The third kappa shape index (κ3) is 4.07. The van der Waals surface area contributed by atoms with Crippen LogP contribution in [0.1, 0.15) is 15.9 Å². The number of hydrogen-bond acceptors (Lipinski definition) is 5. The van der Waals surface area contributed by atoms with Gasteiger partial charge in [0.05, 0.1) is 12.2 Å². The van der Waals surface area contributed by atoms with E-state index in [1.165, 1.54) is 0 Å². The summed E-state index contributed by atoms with van der Waals surface area (Å²) in [6, 6.07) is 16.9. The second kappa shape index (κ2) is 7.90. The van der Waals surface area contributed by atoms with Crippen LogP contribution in [0.5, 0.6) is 0 Å². The zero-order chi connectivity index (χ0) is 18.6. The Hall–Kier alpha value is -2.35. The molecule has 2 aromatic rings. The van der Waals surface area contributed by atoms with E-state index in [-0.39, 0.29) is 6.61 Å². The van der Waals surface area contributed by atoms with Gasteiger partial charge in [0.1, 0.15) is 12.7 Å². The Bertz CT molecular complexity index is 723. The normalized spacial score (nSPS) is 24.3. The van der Waals surface area contributed by atoms with Gasteiger partial charge in [0.15, 0.2) is 6.10 Å². The van der Waals surface area contributed by atoms with Gasteiger partial charge in [0, 0.05) is 0 Å². The highest BCUT2D eigenvalue weighted by molar-refractivity contribution is 5.89. The molecule has 0 spiro atoms. The summed E-state index contributed by atoms with van der Waals surface area (Å²) in [5, 5.41) is 9.48. The highest BCUT2D eigenvalue weighted by Gasteiger charge is 2.59. The van der Waals surface area contributed by atoms with Crippen molar-refractivity contribution in [2.24, 2.45) is 0 Å². The summed E-state index contributed by atoms with van der Waals surface area (Å²) >= 11 is 0. The summed E-state index contributed by atoms with van der Waals surface area (Å²) in [6.07, 6.45) is -5.33. The first kappa shape index (κ1) is 18.4. The standard InChI is InChI=1S/C19H18F2O5/c20-19(21)16(24-11-13-7-3-1-4-8-13)15(26-18(19)23)12-25-17(22)14-9-5-2-6-10-14/h1-10,15-16,18,23H,11-12H2/t15-,16-,18?/m1/s1. The molecule has 1 fully saturated rings. The van der Waals surface area contributed by atoms with Gasteiger partial charge < -0.3 is 19.3 Å². The maximum atomic E-state index is 14.2. The van der Waals surface area contributed by atoms with Crippen molar-refractivity contribution in [2.75, 3.05) is 6.61 Å². The first-order valence-electron chi connectivity index (χ1n) is 8.07. The van der Waals surface area contributed by atoms with E-state index in [0.29, 0.717) is 11.1 Å². The van der Waals surface area contributed by atoms with E-state index in [1.807, 2.05) is 0 Å². The van der Waals surface area contributed by atoms with Gasteiger partial charge in [-0.1, -0.05) is 48.5 Å². The molecule has 1 N–H and O–H groups in total. The molecule has 0 aromatic heterocycles. The van der Waals surface area contributed by atoms with Gasteiger partial charge in [-0.05, 0) is 17.7 Å². The monoisotopic (exact) mass is 364 g/mol. The van der Waals surface area contributed by atoms with Gasteiger partial charge in [0.25, 0.3) is 0 Å². The Morgan fingerprint density at radius 1 is 1.08 bits per heavy atom. The number of ether oxygens (including phenoxy) is 3. The summed E-state index contributed by atoms with van der Waals surface area (Å²) in [7, 11) is 0. The molecule has 138 valence electrons. The van der Waals surface area contributed by atoms with Crippen molar-refractivity contribution in [1.82, 2.24) is 0 Å². The molecule has 0 amide bonds. The second-order valence-corrected chi connectivity index (χ2v) is 5.88. The smallest absolute Gasteiger partial charge is 0.338 e. The summed E-state index contributed by atoms with van der Waals surface area (Å²) < 4.78 is 43.5. The Morgan fingerprint density at radius 3 is 2.35 bits per heavy atom. The topological polar surface area (TPSA) is 65.0 Å². The van der Waals surface area contributed by atoms with Crippen molar-refractivity contribution >= 4 is 5.97 Å². The fourth-order valence-corrected chi connectivity index (χ4v) is 2.64. The van der Waals surface area contributed by atoms with Crippen LogP contribution in [-0.4, -0.2) is 42.1 Å². The van der Waals surface area contributed by atoms with E-state index in [1.54, 1.807) is 60.7 Å². The first-order valence-corrected chi connectivity index (χ1v) is 8.07. The van der Waals surface area contributed by atoms with Crippen LogP contribution in [0.15, 0.2) is 60.7 Å². The van der Waals surface area contributed by atoms with E-state index >= 15 is 0 Å². The fourth-order valence-electron chi connectivity index (χ4n) is 2.64. The minimum atomic E-state index is -3.61. The largest absolute Gasteiger partial charge is 0.459 e. The summed E-state index contributed by atoms with van der Waals surface area (Å²) in [5.41, 5.74) is 0.990. The molecule has 7 heteroatoms. The van der Waals surface area contributed by atoms with Crippen molar-refractivity contribution in [1.29, 1.82) is 0 Å². The van der Waals surface area contributed by atoms with Crippen LogP contribution < -0.4 is 0 Å². The lowest BCUT2D eigenvalue weighted by Crippen LogP contribution is -2.43. The minimum absolute atomic E-state index is 0.0830. The number of aliphatic hydroxyl groups excluding tert-OH is 1. The Balaban J connectivity index is 1.63. The van der Waals surface area contributed by atoms with Crippen LogP contribution in [0, 0.1) is 0 Å². The number of halogens is 2. The summed E-state index contributed by atoms with van der Waals surface area (Å²) in [5.74, 6) is -4.28. The van der Waals surface area contributed by atoms with Crippen LogP contribution in [0.25, 0.3) is 0 Å². The van der Waals surface area contributed by atoms with Crippen molar-refractivity contribution < 1.29 is 32.9 Å². The average molecular weight is 364 g/mol. The van der Waals surface area contributed by atoms with Crippen LogP contribution in [0.2, 0.25) is 0 Å². The lowest BCUT2D eigenvalue weighted by atomic mass is 10.1. The molecule has 3 rings (SSSR count). The fraction of sp³-hybridized carbons (Fsp3) is 0.316. The first-order chi connectivity index (χ1) is 12.5. The molecule has 1 heterocycles. The number of hydrogen-bond donors (Lipinski definition) is 1. The second-order valence-electron chi connectivity index (χ2n) is 5.88. The molecular formula is C19H18F2O5. The van der Waals surface area contributed by atoms with E-state index in [2.05, 4.69) is 0 Å². The molecule has 1 unspecified atom stereocenters. The van der Waals surface area contributed by atoms with Gasteiger partial charge in [-0.25, -0.2) is 4.79 Å². The molecule has 1 aliphatic rings. The lowest BCUT2D eigenvalue weighted by Gasteiger charge is -2.22. The minimum Gasteiger partial charge on any atom is -0.459 e. The molecular weight excluding hydrogens is 346 g/mol. The molecule has 0 saturated carbocycles. The van der Waals surface area contributed by atoms with Crippen LogP contribution in [0.3, 0.4) is 0 Å². The Labute approximate surface area is 149 Å². The van der Waals surface area contributed by atoms with Crippen molar-refractivity contribution in [2.45, 2.75) is 31.0 Å². The van der Waals surface area contributed by atoms with Gasteiger partial charge in [-0.3, -0.25) is 0 Å². The predicted molar refractivity (Wildman–Crippen MR) is 87.6 cm³/mol. The zero-order valence-corrected chi connectivity index (χ0v) is 13.8. The van der Waals surface area contributed by atoms with Crippen molar-refractivity contribution in [3.05, 3.63) is 71.8 Å². The number of carbonyl (C=O) groups is 1. The molecule has 0 bridgehead atoms. The number of aliphatic hydroxyl groups is 1. The SMILES string of the molecule is O=C(OC[C@H]1OC(O)C(F)(F)[C@@H]1OCc1ccccc1)c1ccccc1. The molecule has 3 atom stereocenters. The third-order valence-corrected chi connectivity index (χ3v) is 4.01. The van der Waals surface area contributed by atoms with Gasteiger partial charge in [0.2, 0.25) is 6.29 Å². The van der Waals surface area contributed by atoms with E-state index in [0.717, 1.165) is 0 Å². The third-order valence-electron chi connectivity index (χ3n) is 4.01. The number of esters is 1. The maximum absolute atomic E-state index is 14.2. The van der Waals surface area contributed by atoms with E-state index in [9.17, 15) is 18.7 Å².